The Labute approximate surface area is 175 Å². The van der Waals surface area contributed by atoms with Gasteiger partial charge in [-0.25, -0.2) is 27.1 Å². The van der Waals surface area contributed by atoms with Crippen molar-refractivity contribution in [2.45, 2.75) is 44.8 Å². The fraction of sp³-hybridized carbons (Fsp3) is 0.526. The number of carbonyl (C=O) groups is 3. The van der Waals surface area contributed by atoms with Crippen molar-refractivity contribution >= 4 is 33.7 Å². The summed E-state index contributed by atoms with van der Waals surface area (Å²) in [4.78, 5) is 38.4. The van der Waals surface area contributed by atoms with E-state index in [0.29, 0.717) is 21.7 Å². The maximum atomic E-state index is 14.0. The first kappa shape index (κ1) is 23.6. The lowest BCUT2D eigenvalue weighted by Crippen LogP contribution is -2.60. The minimum Gasteiger partial charge on any atom is -0.325 e. The number of sulfonamides is 1. The van der Waals surface area contributed by atoms with Crippen LogP contribution in [0.5, 0.6) is 0 Å². The number of amides is 5. The summed E-state index contributed by atoms with van der Waals surface area (Å²) in [6.07, 6.45) is 0. The van der Waals surface area contributed by atoms with E-state index in [2.05, 4.69) is 5.32 Å². The first-order valence-electron chi connectivity index (χ1n) is 9.44. The maximum Gasteiger partial charge on any atom is 0.332 e. The zero-order valence-corrected chi connectivity index (χ0v) is 18.6. The van der Waals surface area contributed by atoms with E-state index >= 15 is 0 Å². The molecule has 0 spiro atoms. The van der Waals surface area contributed by atoms with Crippen molar-refractivity contribution in [2.75, 3.05) is 26.0 Å². The van der Waals surface area contributed by atoms with E-state index in [4.69, 9.17) is 0 Å². The van der Waals surface area contributed by atoms with Crippen LogP contribution in [0.3, 0.4) is 0 Å². The van der Waals surface area contributed by atoms with Crippen LogP contribution >= 0.6 is 0 Å². The van der Waals surface area contributed by atoms with Crippen LogP contribution in [0.4, 0.5) is 19.7 Å². The Morgan fingerprint density at radius 2 is 1.60 bits per heavy atom. The van der Waals surface area contributed by atoms with Gasteiger partial charge < -0.3 is 10.2 Å². The van der Waals surface area contributed by atoms with Gasteiger partial charge in [0.15, 0.2) is 5.25 Å². The number of halogens is 1. The van der Waals surface area contributed by atoms with Crippen LogP contribution in [-0.4, -0.2) is 62.1 Å². The monoisotopic (exact) mass is 442 g/mol. The molecule has 1 saturated heterocycles. The lowest BCUT2D eigenvalue weighted by Gasteiger charge is -2.33. The van der Waals surface area contributed by atoms with Crippen molar-refractivity contribution < 1.29 is 27.2 Å². The number of hydrogen-bond acceptors (Lipinski definition) is 5. The first-order chi connectivity index (χ1) is 13.8. The minimum atomic E-state index is -4.44. The van der Waals surface area contributed by atoms with Crippen molar-refractivity contribution in [3.63, 3.8) is 0 Å². The van der Waals surface area contributed by atoms with E-state index in [1.165, 1.54) is 26.2 Å². The summed E-state index contributed by atoms with van der Waals surface area (Å²) in [6, 6.07) is 0.882. The molecule has 11 heteroatoms. The number of rotatable bonds is 5. The third kappa shape index (κ3) is 4.72. The number of imide groups is 1. The summed E-state index contributed by atoms with van der Waals surface area (Å²) in [6.45, 7) is 6.91. The predicted molar refractivity (Wildman–Crippen MR) is 110 cm³/mol. The molecule has 9 nitrogen and oxygen atoms in total. The van der Waals surface area contributed by atoms with Gasteiger partial charge in [0.05, 0.1) is 0 Å². The van der Waals surface area contributed by atoms with Crippen LogP contribution in [-0.2, 0) is 14.8 Å². The van der Waals surface area contributed by atoms with Gasteiger partial charge in [0.2, 0.25) is 10.0 Å². The Morgan fingerprint density at radius 3 is 2.07 bits per heavy atom. The van der Waals surface area contributed by atoms with Gasteiger partial charge in [0.25, 0.3) is 5.91 Å². The van der Waals surface area contributed by atoms with Crippen LogP contribution in [0.2, 0.25) is 0 Å². The van der Waals surface area contributed by atoms with E-state index < -0.39 is 39.1 Å². The minimum absolute atomic E-state index is 0.140. The van der Waals surface area contributed by atoms with E-state index in [9.17, 15) is 27.2 Å². The predicted octanol–water partition coefficient (Wildman–Crippen LogP) is 2.42. The zero-order valence-electron chi connectivity index (χ0n) is 17.8. The van der Waals surface area contributed by atoms with Crippen LogP contribution in [0, 0.1) is 5.82 Å². The molecule has 5 amide bonds. The molecule has 30 heavy (non-hydrogen) atoms. The second-order valence-electron chi connectivity index (χ2n) is 7.92. The molecular formula is C19H27FN4O5S. The van der Waals surface area contributed by atoms with Gasteiger partial charge in [0.1, 0.15) is 5.82 Å². The van der Waals surface area contributed by atoms with Gasteiger partial charge in [-0.3, -0.25) is 9.69 Å². The van der Waals surface area contributed by atoms with Crippen molar-refractivity contribution in [3.8, 4) is 0 Å². The molecule has 1 unspecified atom stereocenters. The Balaban J connectivity index is 2.31. The number of nitrogens with one attached hydrogen (secondary N) is 2. The molecule has 2 N–H and O–H groups in total. The Morgan fingerprint density at radius 1 is 1.10 bits per heavy atom. The third-order valence-corrected chi connectivity index (χ3v) is 6.49. The molecule has 166 valence electrons. The molecule has 1 aliphatic heterocycles. The molecule has 1 aromatic rings. The molecule has 0 saturated carbocycles. The number of anilines is 1. The van der Waals surface area contributed by atoms with Crippen LogP contribution in [0.15, 0.2) is 12.1 Å². The van der Waals surface area contributed by atoms with Gasteiger partial charge in [-0.15, -0.1) is 0 Å². The summed E-state index contributed by atoms with van der Waals surface area (Å²) in [5.41, 5.74) is 1.36. The molecule has 2 rings (SSSR count). The fourth-order valence-electron chi connectivity index (χ4n) is 3.25. The third-order valence-electron chi connectivity index (χ3n) is 4.92. The van der Waals surface area contributed by atoms with E-state index in [0.717, 1.165) is 4.90 Å². The number of carbonyl (C=O) groups excluding carboxylic acids is 3. The number of hydrogen-bond donors (Lipinski definition) is 2. The molecule has 1 atom stereocenters. The number of benzene rings is 1. The van der Waals surface area contributed by atoms with Crippen LogP contribution < -0.4 is 10.0 Å². The van der Waals surface area contributed by atoms with Gasteiger partial charge in [-0.05, 0) is 35.1 Å². The van der Waals surface area contributed by atoms with Crippen molar-refractivity contribution in [3.05, 3.63) is 29.1 Å². The largest absolute Gasteiger partial charge is 0.332 e. The van der Waals surface area contributed by atoms with Crippen molar-refractivity contribution in [2.24, 2.45) is 0 Å². The molecular weight excluding hydrogens is 415 g/mol. The molecule has 0 aliphatic carbocycles. The second kappa shape index (κ2) is 8.58. The second-order valence-corrected chi connectivity index (χ2v) is 9.78. The number of nitrogens with zero attached hydrogens (tertiary/aromatic N) is 2. The van der Waals surface area contributed by atoms with E-state index in [1.54, 1.807) is 0 Å². The first-order valence-corrected chi connectivity index (χ1v) is 11.0. The van der Waals surface area contributed by atoms with Crippen LogP contribution in [0.1, 0.15) is 50.7 Å². The number of urea groups is 2. The molecule has 1 aromatic carbocycles. The molecule has 0 aromatic heterocycles. The highest BCUT2D eigenvalue weighted by atomic mass is 32.2. The van der Waals surface area contributed by atoms with Gasteiger partial charge in [0, 0.05) is 26.3 Å². The highest BCUT2D eigenvalue weighted by molar-refractivity contribution is 7.91. The topological polar surface area (TPSA) is 116 Å². The van der Waals surface area contributed by atoms with Crippen LogP contribution in [0.25, 0.3) is 0 Å². The van der Waals surface area contributed by atoms with Crippen molar-refractivity contribution in [1.82, 2.24) is 14.5 Å². The van der Waals surface area contributed by atoms with E-state index in [1.807, 2.05) is 32.4 Å². The molecule has 1 fully saturated rings. The van der Waals surface area contributed by atoms with E-state index in [-0.39, 0.29) is 18.4 Å². The summed E-state index contributed by atoms with van der Waals surface area (Å²) in [5.74, 6) is -1.66. The normalized spacial score (nSPS) is 17.7. The SMILES string of the molecule is CC(C)c1cc(F)cc(C(C)C)c1NC(=O)NS(=O)(=O)C1CN(C)C(=O)N(C)C1=O. The van der Waals surface area contributed by atoms with Gasteiger partial charge in [-0.2, -0.15) is 0 Å². The lowest BCUT2D eigenvalue weighted by molar-refractivity contribution is -0.129. The lowest BCUT2D eigenvalue weighted by atomic mass is 9.92. The summed E-state index contributed by atoms with van der Waals surface area (Å²) in [5, 5.41) is 0.882. The Hall–Kier alpha value is -2.69. The summed E-state index contributed by atoms with van der Waals surface area (Å²) in [7, 11) is -1.91. The molecule has 1 heterocycles. The average molecular weight is 443 g/mol. The maximum absolute atomic E-state index is 14.0. The summed E-state index contributed by atoms with van der Waals surface area (Å²) < 4.78 is 41.2. The highest BCUT2D eigenvalue weighted by Crippen LogP contribution is 2.33. The summed E-state index contributed by atoms with van der Waals surface area (Å²) >= 11 is 0. The standard InChI is InChI=1S/C19H27FN4O5S/c1-10(2)13-7-12(20)8-14(11(3)4)16(13)21-18(26)22-30(28,29)15-9-23(5)19(27)24(6)17(15)25/h7-8,10-11,15H,9H2,1-6H3,(H2,21,22,26). The Bertz CT molecular complexity index is 948. The molecule has 1 aliphatic rings. The molecule has 0 radical (unpaired) electrons. The highest BCUT2D eigenvalue weighted by Gasteiger charge is 2.43. The quantitative estimate of drug-likeness (QED) is 0.727. The van der Waals surface area contributed by atoms with Gasteiger partial charge >= 0.3 is 12.1 Å². The fourth-order valence-corrected chi connectivity index (χ4v) is 4.54. The van der Waals surface area contributed by atoms with Crippen molar-refractivity contribution in [1.29, 1.82) is 0 Å². The Kier molecular flexibility index (Phi) is 6.75. The average Bonchev–Trinajstić information content (AvgIpc) is 2.62. The smallest absolute Gasteiger partial charge is 0.325 e. The zero-order chi connectivity index (χ0) is 23.0. The molecule has 0 bridgehead atoms. The van der Waals surface area contributed by atoms with Gasteiger partial charge in [-0.1, -0.05) is 27.7 Å².